The van der Waals surface area contributed by atoms with E-state index in [-0.39, 0.29) is 24.7 Å². The average molecular weight is 243 g/mol. The monoisotopic (exact) mass is 243 g/mol. The number of carbonyl (C=O) groups excluding carboxylic acids is 1. The Bertz CT molecular complexity index is 260. The summed E-state index contributed by atoms with van der Waals surface area (Å²) in [6.45, 7) is 8.57. The number of amides is 1. The standard InChI is InChI=1S/C13H25NO3/c1-5-11-10(9-15)7-6-8-14(11)12(16)17-13(2,3)4/h10-11,15H,5-9H2,1-4H3. The van der Waals surface area contributed by atoms with Crippen LogP contribution in [0.1, 0.15) is 47.0 Å². The van der Waals surface area contributed by atoms with Crippen LogP contribution in [-0.4, -0.2) is 40.9 Å². The second kappa shape index (κ2) is 5.71. The van der Waals surface area contributed by atoms with Crippen LogP contribution >= 0.6 is 0 Å². The van der Waals surface area contributed by atoms with Gasteiger partial charge < -0.3 is 14.7 Å². The Hall–Kier alpha value is -0.770. The fourth-order valence-corrected chi connectivity index (χ4v) is 2.45. The van der Waals surface area contributed by atoms with Crippen molar-refractivity contribution in [2.24, 2.45) is 5.92 Å². The van der Waals surface area contributed by atoms with Crippen LogP contribution in [0, 0.1) is 5.92 Å². The van der Waals surface area contributed by atoms with Crippen molar-refractivity contribution in [2.75, 3.05) is 13.2 Å². The molecular weight excluding hydrogens is 218 g/mol. The molecule has 1 N–H and O–H groups in total. The summed E-state index contributed by atoms with van der Waals surface area (Å²) in [6, 6.07) is 0.114. The summed E-state index contributed by atoms with van der Waals surface area (Å²) < 4.78 is 5.41. The molecule has 1 aliphatic rings. The summed E-state index contributed by atoms with van der Waals surface area (Å²) in [7, 11) is 0. The molecule has 4 heteroatoms. The van der Waals surface area contributed by atoms with Gasteiger partial charge in [-0.05, 0) is 40.0 Å². The predicted octanol–water partition coefficient (Wildman–Crippen LogP) is 2.40. The second-order valence-electron chi connectivity index (χ2n) is 5.73. The van der Waals surface area contributed by atoms with Crippen molar-refractivity contribution in [3.05, 3.63) is 0 Å². The summed E-state index contributed by atoms with van der Waals surface area (Å²) >= 11 is 0. The zero-order valence-corrected chi connectivity index (χ0v) is 11.4. The van der Waals surface area contributed by atoms with Crippen LogP contribution in [0.3, 0.4) is 0 Å². The minimum atomic E-state index is -0.457. The third kappa shape index (κ3) is 3.87. The molecule has 100 valence electrons. The maximum atomic E-state index is 12.1. The Balaban J connectivity index is 2.70. The van der Waals surface area contributed by atoms with E-state index in [9.17, 15) is 9.90 Å². The van der Waals surface area contributed by atoms with Crippen LogP contribution in [0.2, 0.25) is 0 Å². The fourth-order valence-electron chi connectivity index (χ4n) is 2.45. The van der Waals surface area contributed by atoms with Gasteiger partial charge in [0.1, 0.15) is 5.60 Å². The summed E-state index contributed by atoms with van der Waals surface area (Å²) in [5.74, 6) is 0.196. The number of likely N-dealkylation sites (tertiary alicyclic amines) is 1. The molecule has 0 aromatic rings. The van der Waals surface area contributed by atoms with E-state index in [4.69, 9.17) is 4.74 Å². The maximum absolute atomic E-state index is 12.1. The first-order valence-corrected chi connectivity index (χ1v) is 6.49. The van der Waals surface area contributed by atoms with Crippen LogP contribution in [0.4, 0.5) is 4.79 Å². The van der Waals surface area contributed by atoms with Gasteiger partial charge in [0, 0.05) is 25.1 Å². The van der Waals surface area contributed by atoms with Crippen molar-refractivity contribution >= 4 is 6.09 Å². The van der Waals surface area contributed by atoms with Gasteiger partial charge in [0.15, 0.2) is 0 Å². The predicted molar refractivity (Wildman–Crippen MR) is 66.8 cm³/mol. The summed E-state index contributed by atoms with van der Waals surface area (Å²) in [6.07, 6.45) is 2.56. The van der Waals surface area contributed by atoms with E-state index in [0.29, 0.717) is 0 Å². The maximum Gasteiger partial charge on any atom is 0.410 e. The summed E-state index contributed by atoms with van der Waals surface area (Å²) in [4.78, 5) is 13.9. The van der Waals surface area contributed by atoms with Gasteiger partial charge in [-0.1, -0.05) is 6.92 Å². The molecule has 0 saturated carbocycles. The number of carbonyl (C=O) groups is 1. The second-order valence-corrected chi connectivity index (χ2v) is 5.73. The SMILES string of the molecule is CCC1C(CO)CCCN1C(=O)OC(C)(C)C. The number of nitrogens with zero attached hydrogens (tertiary/aromatic N) is 1. The molecule has 2 unspecified atom stereocenters. The Kier molecular flexibility index (Phi) is 4.80. The molecule has 2 atom stereocenters. The molecule has 0 aromatic carbocycles. The van der Waals surface area contributed by atoms with Crippen LogP contribution in [0.15, 0.2) is 0 Å². The minimum absolute atomic E-state index is 0.114. The molecule has 0 bridgehead atoms. The largest absolute Gasteiger partial charge is 0.444 e. The van der Waals surface area contributed by atoms with Gasteiger partial charge in [-0.3, -0.25) is 0 Å². The lowest BCUT2D eigenvalue weighted by Crippen LogP contribution is -2.50. The molecule has 1 amide bonds. The van der Waals surface area contributed by atoms with E-state index < -0.39 is 5.60 Å². The number of hydrogen-bond donors (Lipinski definition) is 1. The Labute approximate surface area is 104 Å². The number of ether oxygens (including phenoxy) is 1. The van der Waals surface area contributed by atoms with Crippen molar-refractivity contribution < 1.29 is 14.6 Å². The number of hydrogen-bond acceptors (Lipinski definition) is 3. The minimum Gasteiger partial charge on any atom is -0.444 e. The van der Waals surface area contributed by atoms with E-state index >= 15 is 0 Å². The normalized spacial score (nSPS) is 25.8. The van der Waals surface area contributed by atoms with Gasteiger partial charge in [0.05, 0.1) is 0 Å². The molecule has 17 heavy (non-hydrogen) atoms. The van der Waals surface area contributed by atoms with Crippen molar-refractivity contribution in [3.8, 4) is 0 Å². The molecule has 0 spiro atoms. The molecule has 1 rings (SSSR count). The molecular formula is C13H25NO3. The quantitative estimate of drug-likeness (QED) is 0.810. The highest BCUT2D eigenvalue weighted by atomic mass is 16.6. The van der Waals surface area contributed by atoms with Gasteiger partial charge in [-0.25, -0.2) is 4.79 Å². The highest BCUT2D eigenvalue weighted by Gasteiger charge is 2.34. The zero-order valence-electron chi connectivity index (χ0n) is 11.4. The lowest BCUT2D eigenvalue weighted by Gasteiger charge is -2.40. The van der Waals surface area contributed by atoms with E-state index in [1.165, 1.54) is 0 Å². The third-order valence-electron chi connectivity index (χ3n) is 3.20. The Morgan fingerprint density at radius 2 is 2.12 bits per heavy atom. The first-order valence-electron chi connectivity index (χ1n) is 6.49. The van der Waals surface area contributed by atoms with Crippen LogP contribution < -0.4 is 0 Å². The van der Waals surface area contributed by atoms with Gasteiger partial charge in [-0.15, -0.1) is 0 Å². The van der Waals surface area contributed by atoms with Crippen molar-refractivity contribution in [3.63, 3.8) is 0 Å². The zero-order chi connectivity index (χ0) is 13.1. The molecule has 1 fully saturated rings. The van der Waals surface area contributed by atoms with Gasteiger partial charge in [-0.2, -0.15) is 0 Å². The van der Waals surface area contributed by atoms with E-state index in [2.05, 4.69) is 6.92 Å². The van der Waals surface area contributed by atoms with E-state index in [0.717, 1.165) is 25.8 Å². The Morgan fingerprint density at radius 1 is 1.47 bits per heavy atom. The number of aliphatic hydroxyl groups excluding tert-OH is 1. The molecule has 0 aliphatic carbocycles. The van der Waals surface area contributed by atoms with Crippen molar-refractivity contribution in [2.45, 2.75) is 58.6 Å². The Morgan fingerprint density at radius 3 is 2.59 bits per heavy atom. The first-order chi connectivity index (χ1) is 7.89. The number of piperidine rings is 1. The average Bonchev–Trinajstić information content (AvgIpc) is 2.25. The molecule has 4 nitrogen and oxygen atoms in total. The van der Waals surface area contributed by atoms with Crippen molar-refractivity contribution in [1.82, 2.24) is 4.90 Å². The van der Waals surface area contributed by atoms with Crippen LogP contribution in [-0.2, 0) is 4.74 Å². The lowest BCUT2D eigenvalue weighted by molar-refractivity contribution is -0.00724. The smallest absolute Gasteiger partial charge is 0.410 e. The molecule has 0 aromatic heterocycles. The highest BCUT2D eigenvalue weighted by molar-refractivity contribution is 5.68. The van der Waals surface area contributed by atoms with E-state index in [1.807, 2.05) is 20.8 Å². The highest BCUT2D eigenvalue weighted by Crippen LogP contribution is 2.27. The molecule has 1 aliphatic heterocycles. The van der Waals surface area contributed by atoms with Gasteiger partial charge >= 0.3 is 6.09 Å². The van der Waals surface area contributed by atoms with Crippen LogP contribution in [0.25, 0.3) is 0 Å². The molecule has 1 saturated heterocycles. The number of rotatable bonds is 2. The van der Waals surface area contributed by atoms with Crippen molar-refractivity contribution in [1.29, 1.82) is 0 Å². The summed E-state index contributed by atoms with van der Waals surface area (Å²) in [5, 5.41) is 9.35. The first kappa shape index (κ1) is 14.3. The van der Waals surface area contributed by atoms with Crippen LogP contribution in [0.5, 0.6) is 0 Å². The molecule has 1 heterocycles. The van der Waals surface area contributed by atoms with Gasteiger partial charge in [0.25, 0.3) is 0 Å². The number of aliphatic hydroxyl groups is 1. The summed E-state index contributed by atoms with van der Waals surface area (Å²) in [5.41, 5.74) is -0.457. The van der Waals surface area contributed by atoms with Gasteiger partial charge in [0.2, 0.25) is 0 Å². The third-order valence-corrected chi connectivity index (χ3v) is 3.20. The fraction of sp³-hybridized carbons (Fsp3) is 0.923. The molecule has 0 radical (unpaired) electrons. The topological polar surface area (TPSA) is 49.8 Å². The lowest BCUT2D eigenvalue weighted by atomic mass is 9.88. The van der Waals surface area contributed by atoms with E-state index in [1.54, 1.807) is 4.90 Å².